The van der Waals surface area contributed by atoms with Crippen LogP contribution in [-0.4, -0.2) is 49.8 Å². The first-order valence-electron chi connectivity index (χ1n) is 9.15. The molecule has 2 aromatic heterocycles. The minimum atomic E-state index is 0.108. The zero-order valence-corrected chi connectivity index (χ0v) is 16.1. The Morgan fingerprint density at radius 1 is 1.26 bits per heavy atom. The maximum absolute atomic E-state index is 10.4. The first kappa shape index (κ1) is 16.8. The SMILES string of the molecule is Cc1cc(Cl)cc(O)c1-c1nc2nc(N3CCC4(CCN4)C3)cnc2n1C. The van der Waals surface area contributed by atoms with E-state index in [-0.39, 0.29) is 11.3 Å². The highest BCUT2D eigenvalue weighted by Gasteiger charge is 2.43. The van der Waals surface area contributed by atoms with Gasteiger partial charge in [0.25, 0.3) is 0 Å². The van der Waals surface area contributed by atoms with E-state index in [1.54, 1.807) is 0 Å². The summed E-state index contributed by atoms with van der Waals surface area (Å²) < 4.78 is 1.86. The normalized spacial score (nSPS) is 22.0. The van der Waals surface area contributed by atoms with Crippen molar-refractivity contribution in [2.45, 2.75) is 25.3 Å². The molecule has 2 aliphatic heterocycles. The molecule has 1 aromatic carbocycles. The molecule has 1 atom stereocenters. The number of nitrogens with one attached hydrogen (secondary N) is 1. The molecular formula is C19H21ClN6O. The van der Waals surface area contributed by atoms with Crippen molar-refractivity contribution in [3.63, 3.8) is 0 Å². The van der Waals surface area contributed by atoms with E-state index in [1.807, 2.05) is 30.8 Å². The summed E-state index contributed by atoms with van der Waals surface area (Å²) in [6.45, 7) is 4.95. The molecule has 1 spiro atoms. The minimum Gasteiger partial charge on any atom is -0.507 e. The number of aryl methyl sites for hydroxylation is 2. The summed E-state index contributed by atoms with van der Waals surface area (Å²) in [5.74, 6) is 1.60. The van der Waals surface area contributed by atoms with E-state index in [9.17, 15) is 5.11 Å². The molecule has 0 bridgehead atoms. The van der Waals surface area contributed by atoms with Crippen LogP contribution in [-0.2, 0) is 7.05 Å². The van der Waals surface area contributed by atoms with Gasteiger partial charge in [0.1, 0.15) is 17.4 Å². The first-order chi connectivity index (χ1) is 13.0. The second kappa shape index (κ2) is 5.81. The molecule has 2 saturated heterocycles. The van der Waals surface area contributed by atoms with Crippen LogP contribution in [0.25, 0.3) is 22.7 Å². The molecule has 3 aromatic rings. The van der Waals surface area contributed by atoms with Crippen molar-refractivity contribution in [3.8, 4) is 17.1 Å². The number of aromatic hydroxyl groups is 1. The Balaban J connectivity index is 1.56. The van der Waals surface area contributed by atoms with E-state index in [1.165, 1.54) is 12.5 Å². The van der Waals surface area contributed by atoms with Gasteiger partial charge in [-0.3, -0.25) is 0 Å². The van der Waals surface area contributed by atoms with Gasteiger partial charge in [0, 0.05) is 30.7 Å². The lowest BCUT2D eigenvalue weighted by molar-refractivity contribution is 0.235. The number of rotatable bonds is 2. The van der Waals surface area contributed by atoms with Crippen molar-refractivity contribution in [1.29, 1.82) is 0 Å². The molecule has 140 valence electrons. The molecule has 8 heteroatoms. The minimum absolute atomic E-state index is 0.108. The van der Waals surface area contributed by atoms with Gasteiger partial charge in [-0.1, -0.05) is 11.6 Å². The lowest BCUT2D eigenvalue weighted by Crippen LogP contribution is -2.58. The lowest BCUT2D eigenvalue weighted by atomic mass is 9.87. The maximum Gasteiger partial charge on any atom is 0.200 e. The second-order valence-corrected chi connectivity index (χ2v) is 8.05. The van der Waals surface area contributed by atoms with E-state index in [2.05, 4.69) is 20.2 Å². The van der Waals surface area contributed by atoms with Gasteiger partial charge in [0.15, 0.2) is 11.3 Å². The number of aromatic nitrogens is 4. The number of anilines is 1. The lowest BCUT2D eigenvalue weighted by Gasteiger charge is -2.39. The summed E-state index contributed by atoms with van der Waals surface area (Å²) in [6, 6.07) is 3.35. The van der Waals surface area contributed by atoms with Crippen LogP contribution in [0.3, 0.4) is 0 Å². The molecule has 2 N–H and O–H groups in total. The highest BCUT2D eigenvalue weighted by Crippen LogP contribution is 2.36. The number of hydrogen-bond donors (Lipinski definition) is 2. The van der Waals surface area contributed by atoms with Gasteiger partial charge in [-0.05, 0) is 44.0 Å². The average molecular weight is 385 g/mol. The van der Waals surface area contributed by atoms with Crippen LogP contribution < -0.4 is 10.2 Å². The van der Waals surface area contributed by atoms with Crippen LogP contribution in [0.2, 0.25) is 5.02 Å². The maximum atomic E-state index is 10.4. The van der Waals surface area contributed by atoms with Crippen molar-refractivity contribution in [1.82, 2.24) is 24.8 Å². The van der Waals surface area contributed by atoms with E-state index < -0.39 is 0 Å². The Kier molecular flexibility index (Phi) is 3.61. The molecule has 7 nitrogen and oxygen atoms in total. The van der Waals surface area contributed by atoms with Gasteiger partial charge in [0.2, 0.25) is 0 Å². The number of benzene rings is 1. The smallest absolute Gasteiger partial charge is 0.200 e. The number of nitrogens with zero attached hydrogens (tertiary/aromatic N) is 5. The first-order valence-corrected chi connectivity index (χ1v) is 9.52. The zero-order valence-electron chi connectivity index (χ0n) is 15.3. The molecule has 0 aliphatic carbocycles. The average Bonchev–Trinajstić information content (AvgIpc) is 3.17. The number of imidazole rings is 1. The van der Waals surface area contributed by atoms with E-state index >= 15 is 0 Å². The monoisotopic (exact) mass is 384 g/mol. The number of fused-ring (bicyclic) bond motifs is 1. The standard InChI is InChI=1S/C19H21ClN6O/c1-11-7-12(20)8-13(27)15(11)17-24-16-18(25(17)2)21-9-14(23-16)26-6-4-19(10-26)3-5-22-19/h7-9,22,27H,3-6,10H2,1-2H3. The largest absolute Gasteiger partial charge is 0.507 e. The van der Waals surface area contributed by atoms with Crippen molar-refractivity contribution >= 4 is 28.7 Å². The molecule has 1 unspecified atom stereocenters. The third-order valence-electron chi connectivity index (χ3n) is 5.85. The summed E-state index contributed by atoms with van der Waals surface area (Å²) in [7, 11) is 1.88. The van der Waals surface area contributed by atoms with Crippen LogP contribution in [0.4, 0.5) is 5.82 Å². The van der Waals surface area contributed by atoms with Crippen molar-refractivity contribution in [2.75, 3.05) is 24.5 Å². The van der Waals surface area contributed by atoms with Gasteiger partial charge in [-0.25, -0.2) is 15.0 Å². The molecule has 0 amide bonds. The molecule has 0 saturated carbocycles. The fourth-order valence-electron chi connectivity index (χ4n) is 4.24. The van der Waals surface area contributed by atoms with E-state index in [0.29, 0.717) is 27.7 Å². The molecule has 4 heterocycles. The van der Waals surface area contributed by atoms with E-state index in [0.717, 1.165) is 37.4 Å². The Bertz CT molecular complexity index is 1030. The van der Waals surface area contributed by atoms with E-state index in [4.69, 9.17) is 16.6 Å². The predicted molar refractivity (Wildman–Crippen MR) is 105 cm³/mol. The number of phenols is 1. The summed E-state index contributed by atoms with van der Waals surface area (Å²) in [5, 5.41) is 14.5. The van der Waals surface area contributed by atoms with Gasteiger partial charge in [0.05, 0.1) is 11.8 Å². The Morgan fingerprint density at radius 3 is 2.74 bits per heavy atom. The van der Waals surface area contributed by atoms with Crippen molar-refractivity contribution < 1.29 is 5.11 Å². The molecule has 2 aliphatic rings. The molecule has 2 fully saturated rings. The molecule has 27 heavy (non-hydrogen) atoms. The molecule has 0 radical (unpaired) electrons. The van der Waals surface area contributed by atoms with Gasteiger partial charge in [-0.15, -0.1) is 0 Å². The fraction of sp³-hybridized carbons (Fsp3) is 0.421. The van der Waals surface area contributed by atoms with Crippen molar-refractivity contribution in [3.05, 3.63) is 28.9 Å². The summed E-state index contributed by atoms with van der Waals surface area (Å²) >= 11 is 6.04. The summed E-state index contributed by atoms with van der Waals surface area (Å²) in [6.07, 6.45) is 4.18. The molecular weight excluding hydrogens is 364 g/mol. The predicted octanol–water partition coefficient (Wildman–Crippen LogP) is 2.64. The Morgan fingerprint density at radius 2 is 2.07 bits per heavy atom. The third kappa shape index (κ3) is 2.56. The van der Waals surface area contributed by atoms with Gasteiger partial charge < -0.3 is 19.9 Å². The van der Waals surface area contributed by atoms with Gasteiger partial charge in [-0.2, -0.15) is 0 Å². The van der Waals surface area contributed by atoms with Crippen LogP contribution in [0.15, 0.2) is 18.3 Å². The third-order valence-corrected chi connectivity index (χ3v) is 6.07. The Labute approximate surface area is 162 Å². The quantitative estimate of drug-likeness (QED) is 0.707. The highest BCUT2D eigenvalue weighted by atomic mass is 35.5. The van der Waals surface area contributed by atoms with Crippen LogP contribution >= 0.6 is 11.6 Å². The fourth-order valence-corrected chi connectivity index (χ4v) is 4.51. The Hall–Kier alpha value is -2.38. The second-order valence-electron chi connectivity index (χ2n) is 7.62. The van der Waals surface area contributed by atoms with Crippen LogP contribution in [0.1, 0.15) is 18.4 Å². The zero-order chi connectivity index (χ0) is 18.8. The number of halogens is 1. The summed E-state index contributed by atoms with van der Waals surface area (Å²) in [5.41, 5.74) is 3.05. The van der Waals surface area contributed by atoms with Gasteiger partial charge >= 0.3 is 0 Å². The molecule has 5 rings (SSSR count). The van der Waals surface area contributed by atoms with Crippen LogP contribution in [0, 0.1) is 6.92 Å². The highest BCUT2D eigenvalue weighted by molar-refractivity contribution is 6.31. The topological polar surface area (TPSA) is 79.1 Å². The van der Waals surface area contributed by atoms with Crippen LogP contribution in [0.5, 0.6) is 5.75 Å². The van der Waals surface area contributed by atoms with Crippen molar-refractivity contribution in [2.24, 2.45) is 7.05 Å². The summed E-state index contributed by atoms with van der Waals surface area (Å²) in [4.78, 5) is 16.3. The number of hydrogen-bond acceptors (Lipinski definition) is 6. The number of phenolic OH excluding ortho intramolecular Hbond substituents is 1.